The van der Waals surface area contributed by atoms with E-state index in [1.54, 1.807) is 0 Å². The molecule has 0 aromatic heterocycles. The highest BCUT2D eigenvalue weighted by atomic mass is 16.7. The lowest BCUT2D eigenvalue weighted by molar-refractivity contribution is -0.298. The Morgan fingerprint density at radius 3 is 2.53 bits per heavy atom. The Bertz CT molecular complexity index is 295. The van der Waals surface area contributed by atoms with E-state index in [0.717, 1.165) is 0 Å². The zero-order chi connectivity index (χ0) is 12.8. The third-order valence-corrected chi connectivity index (χ3v) is 2.42. The van der Waals surface area contributed by atoms with Gasteiger partial charge in [-0.05, 0) is 6.08 Å². The summed E-state index contributed by atoms with van der Waals surface area (Å²) < 4.78 is 10.2. The van der Waals surface area contributed by atoms with E-state index >= 15 is 0 Å². The van der Waals surface area contributed by atoms with E-state index in [4.69, 9.17) is 21.0 Å². The lowest BCUT2D eigenvalue weighted by Crippen LogP contribution is -2.59. The van der Waals surface area contributed by atoms with Gasteiger partial charge in [-0.3, -0.25) is 0 Å². The molecular formula is C11H16O6. The smallest absolute Gasteiger partial charge is 0.187 e. The molecule has 0 aliphatic carbocycles. The van der Waals surface area contributed by atoms with Gasteiger partial charge in [0.25, 0.3) is 0 Å². The van der Waals surface area contributed by atoms with Crippen LogP contribution < -0.4 is 0 Å². The van der Waals surface area contributed by atoms with Crippen LogP contribution in [0.2, 0.25) is 0 Å². The van der Waals surface area contributed by atoms with E-state index in [1.807, 2.05) is 0 Å². The van der Waals surface area contributed by atoms with Crippen molar-refractivity contribution in [3.05, 3.63) is 12.2 Å². The van der Waals surface area contributed by atoms with Gasteiger partial charge in [0.2, 0.25) is 0 Å². The molecule has 1 aliphatic heterocycles. The summed E-state index contributed by atoms with van der Waals surface area (Å²) in [5.41, 5.74) is 0. The number of hydrogen-bond acceptors (Lipinski definition) is 6. The second kappa shape index (κ2) is 6.71. The topological polar surface area (TPSA) is 99.4 Å². The maximum absolute atomic E-state index is 9.57. The maximum atomic E-state index is 9.57. The van der Waals surface area contributed by atoms with E-state index in [-0.39, 0.29) is 6.61 Å². The first-order valence-corrected chi connectivity index (χ1v) is 5.15. The number of hydrogen-bond donors (Lipinski definition) is 4. The van der Waals surface area contributed by atoms with Crippen molar-refractivity contribution in [2.45, 2.75) is 30.7 Å². The Labute approximate surface area is 99.1 Å². The van der Waals surface area contributed by atoms with Crippen LogP contribution in [0.4, 0.5) is 0 Å². The van der Waals surface area contributed by atoms with E-state index in [2.05, 4.69) is 5.92 Å². The van der Waals surface area contributed by atoms with Crippen molar-refractivity contribution in [1.29, 1.82) is 0 Å². The predicted octanol–water partition coefficient (Wildman–Crippen LogP) is -2.01. The van der Waals surface area contributed by atoms with Crippen molar-refractivity contribution in [3.8, 4) is 12.3 Å². The molecule has 1 aliphatic rings. The van der Waals surface area contributed by atoms with E-state index in [0.29, 0.717) is 0 Å². The van der Waals surface area contributed by atoms with Crippen LogP contribution in [0.15, 0.2) is 12.2 Å². The molecule has 0 aromatic carbocycles. The fourth-order valence-corrected chi connectivity index (χ4v) is 1.47. The van der Waals surface area contributed by atoms with Crippen LogP contribution in [0.25, 0.3) is 0 Å². The lowest BCUT2D eigenvalue weighted by Gasteiger charge is -2.39. The molecule has 17 heavy (non-hydrogen) atoms. The number of aliphatic hydroxyl groups is 4. The fraction of sp³-hybridized carbons (Fsp3) is 0.636. The van der Waals surface area contributed by atoms with Crippen LogP contribution in [0.5, 0.6) is 0 Å². The molecule has 0 unspecified atom stereocenters. The van der Waals surface area contributed by atoms with E-state index in [1.165, 1.54) is 12.2 Å². The average Bonchev–Trinajstić information content (AvgIpc) is 2.34. The zero-order valence-corrected chi connectivity index (χ0v) is 9.14. The molecule has 1 rings (SSSR count). The average molecular weight is 244 g/mol. The summed E-state index contributed by atoms with van der Waals surface area (Å²) >= 11 is 0. The number of allylic oxidation sites excluding steroid dienone is 1. The van der Waals surface area contributed by atoms with Gasteiger partial charge in [0.15, 0.2) is 6.29 Å². The number of rotatable bonds is 4. The normalized spacial score (nSPS) is 38.2. The first kappa shape index (κ1) is 14.1. The van der Waals surface area contributed by atoms with Gasteiger partial charge in [-0.25, -0.2) is 0 Å². The summed E-state index contributed by atoms with van der Waals surface area (Å²) in [5, 5.41) is 37.4. The second-order valence-corrected chi connectivity index (χ2v) is 3.60. The molecular weight excluding hydrogens is 228 g/mol. The minimum absolute atomic E-state index is 0.0902. The third-order valence-electron chi connectivity index (χ3n) is 2.42. The highest BCUT2D eigenvalue weighted by Crippen LogP contribution is 2.21. The Hall–Kier alpha value is -0.940. The first-order valence-electron chi connectivity index (χ1n) is 5.15. The monoisotopic (exact) mass is 244 g/mol. The lowest BCUT2D eigenvalue weighted by atomic mass is 9.99. The fourth-order valence-electron chi connectivity index (χ4n) is 1.47. The first-order chi connectivity index (χ1) is 8.11. The molecule has 1 heterocycles. The molecule has 1 fully saturated rings. The van der Waals surface area contributed by atoms with Crippen molar-refractivity contribution in [2.75, 3.05) is 13.2 Å². The summed E-state index contributed by atoms with van der Waals surface area (Å²) in [6.45, 7) is -0.391. The molecule has 0 saturated carbocycles. The molecule has 4 N–H and O–H groups in total. The molecule has 5 atom stereocenters. The molecule has 0 spiro atoms. The molecule has 1 saturated heterocycles. The van der Waals surface area contributed by atoms with Crippen LogP contribution in [-0.2, 0) is 9.47 Å². The summed E-state index contributed by atoms with van der Waals surface area (Å²) in [7, 11) is 0. The minimum Gasteiger partial charge on any atom is -0.394 e. The van der Waals surface area contributed by atoms with Crippen molar-refractivity contribution in [1.82, 2.24) is 0 Å². The van der Waals surface area contributed by atoms with Gasteiger partial charge in [-0.15, -0.1) is 6.42 Å². The SMILES string of the molecule is C#C/C=C\CO[C@@H]1O[C@H](CO)[C@@H](O)[C@H](O)[C@H]1O. The molecule has 96 valence electrons. The van der Waals surface area contributed by atoms with Gasteiger partial charge < -0.3 is 29.9 Å². The quantitative estimate of drug-likeness (QED) is 0.427. The molecule has 6 heteroatoms. The number of terminal acetylenes is 1. The van der Waals surface area contributed by atoms with E-state index in [9.17, 15) is 15.3 Å². The highest BCUT2D eigenvalue weighted by Gasteiger charge is 2.43. The van der Waals surface area contributed by atoms with Gasteiger partial charge in [-0.2, -0.15) is 0 Å². The summed E-state index contributed by atoms with van der Waals surface area (Å²) in [4.78, 5) is 0. The Kier molecular flexibility index (Phi) is 5.58. The predicted molar refractivity (Wildman–Crippen MR) is 57.7 cm³/mol. The van der Waals surface area contributed by atoms with Crippen molar-refractivity contribution in [2.24, 2.45) is 0 Å². The van der Waals surface area contributed by atoms with Crippen LogP contribution in [-0.4, -0.2) is 64.3 Å². The molecule has 0 aromatic rings. The van der Waals surface area contributed by atoms with Crippen LogP contribution in [0.1, 0.15) is 0 Å². The maximum Gasteiger partial charge on any atom is 0.187 e. The number of aliphatic hydroxyl groups excluding tert-OH is 4. The zero-order valence-electron chi connectivity index (χ0n) is 9.14. The molecule has 0 bridgehead atoms. The van der Waals surface area contributed by atoms with Crippen molar-refractivity contribution < 1.29 is 29.9 Å². The molecule has 0 amide bonds. The number of ether oxygens (including phenoxy) is 2. The Morgan fingerprint density at radius 1 is 1.24 bits per heavy atom. The summed E-state index contributed by atoms with van der Waals surface area (Å²) in [6, 6.07) is 0. The van der Waals surface area contributed by atoms with Gasteiger partial charge in [-0.1, -0.05) is 12.0 Å². The van der Waals surface area contributed by atoms with Gasteiger partial charge in [0.1, 0.15) is 24.4 Å². The molecule has 0 radical (unpaired) electrons. The van der Waals surface area contributed by atoms with Crippen molar-refractivity contribution in [3.63, 3.8) is 0 Å². The van der Waals surface area contributed by atoms with E-state index < -0.39 is 37.3 Å². The summed E-state index contributed by atoms with van der Waals surface area (Å²) in [5.74, 6) is 2.26. The Morgan fingerprint density at radius 2 is 1.94 bits per heavy atom. The van der Waals surface area contributed by atoms with Gasteiger partial charge >= 0.3 is 0 Å². The molecule has 6 nitrogen and oxygen atoms in total. The van der Waals surface area contributed by atoms with Gasteiger partial charge in [0.05, 0.1) is 13.2 Å². The summed E-state index contributed by atoms with van der Waals surface area (Å²) in [6.07, 6.45) is 1.66. The second-order valence-electron chi connectivity index (χ2n) is 3.60. The third kappa shape index (κ3) is 3.51. The minimum atomic E-state index is -1.43. The van der Waals surface area contributed by atoms with Crippen LogP contribution >= 0.6 is 0 Å². The van der Waals surface area contributed by atoms with Crippen molar-refractivity contribution >= 4 is 0 Å². The highest BCUT2D eigenvalue weighted by molar-refractivity contribution is 5.08. The Balaban J connectivity index is 2.54. The van der Waals surface area contributed by atoms with Gasteiger partial charge in [0, 0.05) is 0 Å². The van der Waals surface area contributed by atoms with Crippen LogP contribution in [0, 0.1) is 12.3 Å². The largest absolute Gasteiger partial charge is 0.394 e. The standard InChI is InChI=1S/C11H16O6/c1-2-3-4-5-16-11-10(15)9(14)8(13)7(6-12)17-11/h1,3-4,7-15H,5-6H2/b4-3-/t7-,8-,9+,10-,11-/m1/s1. The van der Waals surface area contributed by atoms with Crippen LogP contribution in [0.3, 0.4) is 0 Å².